The fourth-order valence-electron chi connectivity index (χ4n) is 1.02. The van der Waals surface area contributed by atoms with Crippen molar-refractivity contribution in [3.63, 3.8) is 0 Å². The van der Waals surface area contributed by atoms with Crippen LogP contribution in [0.4, 0.5) is 13.2 Å². The highest BCUT2D eigenvalue weighted by Crippen LogP contribution is 2.29. The van der Waals surface area contributed by atoms with E-state index in [9.17, 15) is 21.6 Å². The van der Waals surface area contributed by atoms with E-state index in [1.165, 1.54) is 0 Å². The Kier molecular flexibility index (Phi) is 3.00. The van der Waals surface area contributed by atoms with Crippen LogP contribution in [0, 0.1) is 17.2 Å². The molecule has 0 aromatic carbocycles. The van der Waals surface area contributed by atoms with Crippen molar-refractivity contribution < 1.29 is 21.6 Å². The molecule has 1 atom stereocenters. The molecule has 0 spiro atoms. The van der Waals surface area contributed by atoms with Crippen molar-refractivity contribution in [1.29, 1.82) is 5.26 Å². The predicted octanol–water partition coefficient (Wildman–Crippen LogP) is 1.24. The highest BCUT2D eigenvalue weighted by Gasteiger charge is 2.34. The lowest BCUT2D eigenvalue weighted by atomic mass is 9.97. The molecule has 0 N–H and O–H groups in total. The number of nitriles is 1. The minimum absolute atomic E-state index is 0.469. The topological polar surface area (TPSA) is 57.9 Å². The summed E-state index contributed by atoms with van der Waals surface area (Å²) >= 11 is 0. The van der Waals surface area contributed by atoms with Gasteiger partial charge in [-0.05, 0) is 6.08 Å². The van der Waals surface area contributed by atoms with Gasteiger partial charge in [0.15, 0.2) is 0 Å². The van der Waals surface area contributed by atoms with Gasteiger partial charge in [0.1, 0.15) is 5.92 Å². The van der Waals surface area contributed by atoms with Gasteiger partial charge in [0, 0.05) is 0 Å². The van der Waals surface area contributed by atoms with Crippen LogP contribution in [0.5, 0.6) is 0 Å². The quantitative estimate of drug-likeness (QED) is 0.593. The Balaban J connectivity index is 3.30. The largest absolute Gasteiger partial charge is 0.416 e. The minimum atomic E-state index is -4.61. The summed E-state index contributed by atoms with van der Waals surface area (Å²) in [6.07, 6.45) is -2.53. The third kappa shape index (κ3) is 2.47. The summed E-state index contributed by atoms with van der Waals surface area (Å²) in [5.74, 6) is -1.14. The van der Waals surface area contributed by atoms with E-state index < -0.39 is 32.8 Å². The van der Waals surface area contributed by atoms with Crippen LogP contribution in [0.3, 0.4) is 0 Å². The number of alkyl halides is 3. The molecule has 80 valence electrons. The Hall–Kier alpha value is -1.55. The molecule has 1 rings (SSSR count). The first-order valence-electron chi connectivity index (χ1n) is 3.69. The second kappa shape index (κ2) is 3.90. The monoisotopic (exact) mass is 235 g/mol. The maximum atomic E-state index is 12.2. The van der Waals surface area contributed by atoms with Crippen molar-refractivity contribution in [2.45, 2.75) is 6.18 Å². The van der Waals surface area contributed by atoms with Gasteiger partial charge in [-0.3, -0.25) is 0 Å². The zero-order valence-corrected chi connectivity index (χ0v) is 7.93. The maximum Gasteiger partial charge on any atom is 0.416 e. The lowest BCUT2D eigenvalue weighted by Crippen LogP contribution is -2.19. The molecule has 0 aromatic heterocycles. The molecular weight excluding hydrogens is 231 g/mol. The van der Waals surface area contributed by atoms with Crippen molar-refractivity contribution in [2.24, 2.45) is 5.92 Å². The summed E-state index contributed by atoms with van der Waals surface area (Å²) in [5, 5.41) is 8.49. The first-order chi connectivity index (χ1) is 6.86. The van der Waals surface area contributed by atoms with E-state index >= 15 is 0 Å². The van der Waals surface area contributed by atoms with Crippen LogP contribution >= 0.6 is 0 Å². The zero-order chi connectivity index (χ0) is 11.6. The van der Waals surface area contributed by atoms with Crippen molar-refractivity contribution in [1.82, 2.24) is 0 Å². The zero-order valence-electron chi connectivity index (χ0n) is 7.12. The minimum Gasteiger partial charge on any atom is -0.197 e. The van der Waals surface area contributed by atoms with Crippen LogP contribution in [-0.2, 0) is 10.3 Å². The van der Waals surface area contributed by atoms with Gasteiger partial charge in [0.05, 0.1) is 16.5 Å². The number of nitrogens with zero attached hydrogens (tertiary/aromatic N) is 1. The molecule has 0 saturated carbocycles. The van der Waals surface area contributed by atoms with Crippen LogP contribution in [0.15, 0.2) is 23.8 Å². The van der Waals surface area contributed by atoms with Gasteiger partial charge in [-0.15, -0.1) is 0 Å². The van der Waals surface area contributed by atoms with Crippen LogP contribution in [0.1, 0.15) is 0 Å². The molecule has 0 fully saturated rings. The van der Waals surface area contributed by atoms with Gasteiger partial charge >= 0.3 is 6.18 Å². The molecule has 7 heteroatoms. The molecule has 0 bridgehead atoms. The van der Waals surface area contributed by atoms with Gasteiger partial charge in [-0.25, -0.2) is 0 Å². The van der Waals surface area contributed by atoms with E-state index in [0.29, 0.717) is 12.2 Å². The highest BCUT2D eigenvalue weighted by atomic mass is 32.2. The van der Waals surface area contributed by atoms with Gasteiger partial charge in [0.2, 0.25) is 10.3 Å². The third-order valence-electron chi connectivity index (χ3n) is 1.73. The van der Waals surface area contributed by atoms with Gasteiger partial charge in [0.25, 0.3) is 0 Å². The molecule has 1 unspecified atom stereocenters. The third-order valence-corrected chi connectivity index (χ3v) is 2.49. The van der Waals surface area contributed by atoms with E-state index in [4.69, 9.17) is 5.26 Å². The van der Waals surface area contributed by atoms with E-state index in [1.807, 2.05) is 0 Å². The summed E-state index contributed by atoms with van der Waals surface area (Å²) in [7, 11) is -2.82. The van der Waals surface area contributed by atoms with E-state index in [2.05, 4.69) is 0 Å². The Labute approximate surface area is 84.7 Å². The summed E-state index contributed by atoms with van der Waals surface area (Å²) in [4.78, 5) is -0.563. The van der Waals surface area contributed by atoms with Crippen molar-refractivity contribution in [3.8, 4) is 6.07 Å². The van der Waals surface area contributed by atoms with Crippen molar-refractivity contribution in [2.75, 3.05) is 0 Å². The summed E-state index contributed by atoms with van der Waals surface area (Å²) in [6, 6.07) is 1.58. The first-order valence-corrected chi connectivity index (χ1v) is 4.76. The Morgan fingerprint density at radius 3 is 2.40 bits per heavy atom. The second-order valence-electron chi connectivity index (χ2n) is 2.70. The van der Waals surface area contributed by atoms with Crippen LogP contribution < -0.4 is 0 Å². The summed E-state index contributed by atoms with van der Waals surface area (Å²) < 4.78 is 57.7. The molecule has 0 radical (unpaired) electrons. The number of halogens is 3. The van der Waals surface area contributed by atoms with Gasteiger partial charge in [-0.1, -0.05) is 12.2 Å². The highest BCUT2D eigenvalue weighted by molar-refractivity contribution is 7.73. The average Bonchev–Trinajstić information content (AvgIpc) is 2.15. The van der Waals surface area contributed by atoms with Crippen LogP contribution in [0.2, 0.25) is 0 Å². The number of hydrogen-bond donors (Lipinski definition) is 0. The Morgan fingerprint density at radius 1 is 1.40 bits per heavy atom. The molecule has 3 nitrogen and oxygen atoms in total. The summed E-state index contributed by atoms with van der Waals surface area (Å²) in [5.41, 5.74) is -1.08. The molecule has 1 aliphatic rings. The van der Waals surface area contributed by atoms with Crippen molar-refractivity contribution >= 4 is 15.2 Å². The van der Waals surface area contributed by atoms with E-state index in [1.54, 1.807) is 6.07 Å². The Bertz CT molecular complexity index is 497. The molecule has 15 heavy (non-hydrogen) atoms. The first kappa shape index (κ1) is 11.5. The lowest BCUT2D eigenvalue weighted by Gasteiger charge is -2.13. The fourth-order valence-corrected chi connectivity index (χ4v) is 1.58. The SMILES string of the molecule is N#CC1C=CC(C(F)(F)F)=CC1=S(=O)=O. The number of allylic oxidation sites excluding steroid dienone is 4. The second-order valence-corrected chi connectivity index (χ2v) is 3.64. The van der Waals surface area contributed by atoms with Crippen LogP contribution in [-0.4, -0.2) is 19.5 Å². The number of hydrogen-bond acceptors (Lipinski definition) is 3. The Morgan fingerprint density at radius 2 is 2.00 bits per heavy atom. The lowest BCUT2D eigenvalue weighted by molar-refractivity contribution is -0.0881. The summed E-state index contributed by atoms with van der Waals surface area (Å²) in [6.45, 7) is 0. The molecule has 1 aliphatic carbocycles. The average molecular weight is 235 g/mol. The molecule has 0 heterocycles. The molecule has 0 aliphatic heterocycles. The molecule has 0 aromatic rings. The molecule has 0 saturated heterocycles. The smallest absolute Gasteiger partial charge is 0.197 e. The molecule has 0 amide bonds. The number of rotatable bonds is 0. The van der Waals surface area contributed by atoms with E-state index in [-0.39, 0.29) is 0 Å². The standard InChI is InChI=1S/C8H4F3NO2S/c9-8(10,11)6-2-1-5(4-12)7(3-6)15(13)14/h1-3,5H. The van der Waals surface area contributed by atoms with Crippen LogP contribution in [0.25, 0.3) is 0 Å². The maximum absolute atomic E-state index is 12.2. The van der Waals surface area contributed by atoms with Gasteiger partial charge in [-0.2, -0.15) is 26.9 Å². The predicted molar refractivity (Wildman–Crippen MR) is 46.3 cm³/mol. The van der Waals surface area contributed by atoms with Gasteiger partial charge < -0.3 is 0 Å². The van der Waals surface area contributed by atoms with E-state index in [0.717, 1.165) is 6.08 Å². The fraction of sp³-hybridized carbons (Fsp3) is 0.250. The normalized spacial score (nSPS) is 20.8. The van der Waals surface area contributed by atoms with Crippen molar-refractivity contribution in [3.05, 3.63) is 23.8 Å². The molecular formula is C8H4F3NO2S.